The molecule has 0 aromatic heterocycles. The Morgan fingerprint density at radius 3 is 2.12 bits per heavy atom. The minimum atomic E-state index is -4.16. The number of ether oxygens (including phenoxy) is 2. The van der Waals surface area contributed by atoms with Crippen LogP contribution in [0.1, 0.15) is 24.0 Å². The monoisotopic (exact) mass is 487 g/mol. The van der Waals surface area contributed by atoms with Gasteiger partial charge in [0, 0.05) is 6.42 Å². The van der Waals surface area contributed by atoms with Crippen LogP contribution in [0.3, 0.4) is 0 Å². The number of benzene rings is 3. The topological polar surface area (TPSA) is 72.9 Å². The molecule has 3 aromatic rings. The molecule has 3 aromatic carbocycles. The van der Waals surface area contributed by atoms with Crippen LogP contribution in [0.25, 0.3) is 0 Å². The van der Waals surface area contributed by atoms with Crippen LogP contribution < -0.4 is 13.8 Å². The number of carbonyl (C=O) groups excluding carboxylic acids is 1. The number of methoxy groups -OCH3 is 1. The Morgan fingerprint density at radius 1 is 0.939 bits per heavy atom. The molecule has 0 aliphatic heterocycles. The molecule has 0 spiro atoms. The van der Waals surface area contributed by atoms with E-state index in [9.17, 15) is 13.2 Å². The van der Waals surface area contributed by atoms with E-state index in [1.165, 1.54) is 37.4 Å². The Hall–Kier alpha value is -3.03. The van der Waals surface area contributed by atoms with Gasteiger partial charge in [0.2, 0.25) is 5.91 Å². The number of aryl methyl sites for hydroxylation is 2. The predicted octanol–water partition coefficient (Wildman–Crippen LogP) is 5.55. The predicted molar refractivity (Wildman–Crippen MR) is 130 cm³/mol. The normalized spacial score (nSPS) is 11.2. The van der Waals surface area contributed by atoms with E-state index in [1.807, 2.05) is 38.1 Å². The molecule has 0 atom stereocenters. The van der Waals surface area contributed by atoms with Gasteiger partial charge in [-0.15, -0.1) is 0 Å². The van der Waals surface area contributed by atoms with Crippen LogP contribution in [-0.2, 0) is 14.8 Å². The Bertz CT molecular complexity index is 1210. The number of nitrogens with zero attached hydrogens (tertiary/aromatic N) is 1. The first-order valence-electron chi connectivity index (χ1n) is 10.4. The molecule has 0 bridgehead atoms. The summed E-state index contributed by atoms with van der Waals surface area (Å²) in [5, 5.41) is 0.203. The molecule has 0 heterocycles. The average Bonchev–Trinajstić information content (AvgIpc) is 2.78. The quantitative estimate of drug-likeness (QED) is 0.370. The van der Waals surface area contributed by atoms with Crippen LogP contribution in [0.15, 0.2) is 71.6 Å². The summed E-state index contributed by atoms with van der Waals surface area (Å²) >= 11 is 6.22. The van der Waals surface area contributed by atoms with Gasteiger partial charge in [0.15, 0.2) is 0 Å². The Kier molecular flexibility index (Phi) is 8.00. The maximum Gasteiger partial charge on any atom is 0.270 e. The van der Waals surface area contributed by atoms with Crippen molar-refractivity contribution in [2.75, 3.05) is 18.0 Å². The molecular weight excluding hydrogens is 462 g/mol. The van der Waals surface area contributed by atoms with Gasteiger partial charge in [0.1, 0.15) is 11.5 Å². The fourth-order valence-electron chi connectivity index (χ4n) is 3.16. The molecule has 33 heavy (non-hydrogen) atoms. The molecule has 0 aliphatic rings. The summed E-state index contributed by atoms with van der Waals surface area (Å²) in [5.41, 5.74) is 2.17. The van der Waals surface area contributed by atoms with Crippen molar-refractivity contribution in [3.63, 3.8) is 0 Å². The molecule has 0 N–H and O–H groups in total. The lowest BCUT2D eigenvalue weighted by molar-refractivity contribution is -0.117. The number of amides is 1. The van der Waals surface area contributed by atoms with Crippen molar-refractivity contribution < 1.29 is 22.7 Å². The summed E-state index contributed by atoms with van der Waals surface area (Å²) in [7, 11) is -2.70. The largest absolute Gasteiger partial charge is 0.495 e. The number of rotatable bonds is 9. The second kappa shape index (κ2) is 10.7. The molecule has 0 unspecified atom stereocenters. The summed E-state index contributed by atoms with van der Waals surface area (Å²) < 4.78 is 38.5. The lowest BCUT2D eigenvalue weighted by Gasteiger charge is -2.23. The van der Waals surface area contributed by atoms with E-state index in [0.29, 0.717) is 17.9 Å². The van der Waals surface area contributed by atoms with Crippen LogP contribution in [0.2, 0.25) is 5.02 Å². The zero-order valence-electron chi connectivity index (χ0n) is 18.7. The van der Waals surface area contributed by atoms with Crippen LogP contribution in [0, 0.1) is 13.8 Å². The molecular formula is C25H26ClNO5S. The Labute approximate surface area is 199 Å². The molecule has 3 rings (SSSR count). The minimum Gasteiger partial charge on any atom is -0.495 e. The Balaban J connectivity index is 1.83. The van der Waals surface area contributed by atoms with Crippen molar-refractivity contribution in [3.8, 4) is 11.5 Å². The molecule has 0 fully saturated rings. The van der Waals surface area contributed by atoms with Crippen LogP contribution in [0.4, 0.5) is 5.69 Å². The van der Waals surface area contributed by atoms with Crippen LogP contribution in [-0.4, -0.2) is 28.0 Å². The fraction of sp³-hybridized carbons (Fsp3) is 0.240. The van der Waals surface area contributed by atoms with Crippen molar-refractivity contribution in [3.05, 3.63) is 82.9 Å². The first-order chi connectivity index (χ1) is 15.7. The van der Waals surface area contributed by atoms with Gasteiger partial charge < -0.3 is 9.47 Å². The number of carbonyl (C=O) groups is 1. The SMILES string of the molecule is COc1ccc(N(C(=O)CCCOc2ccc(C)cc2)S(=O)(=O)c2ccc(C)cc2)cc1Cl. The van der Waals surface area contributed by atoms with Gasteiger partial charge in [-0.05, 0) is 62.7 Å². The molecule has 0 saturated heterocycles. The molecule has 174 valence electrons. The number of hydrogen-bond donors (Lipinski definition) is 0. The third-order valence-corrected chi connectivity index (χ3v) is 7.04. The van der Waals surface area contributed by atoms with Gasteiger partial charge >= 0.3 is 0 Å². The second-order valence-corrected chi connectivity index (χ2v) is 9.75. The zero-order chi connectivity index (χ0) is 24.0. The second-order valence-electron chi connectivity index (χ2n) is 7.56. The van der Waals surface area contributed by atoms with Crippen molar-refractivity contribution >= 4 is 33.2 Å². The number of halogens is 1. The molecule has 0 radical (unpaired) electrons. The maximum absolute atomic E-state index is 13.4. The Morgan fingerprint density at radius 2 is 1.55 bits per heavy atom. The van der Waals surface area contributed by atoms with E-state index in [-0.39, 0.29) is 28.6 Å². The van der Waals surface area contributed by atoms with E-state index in [0.717, 1.165) is 15.4 Å². The maximum atomic E-state index is 13.4. The van der Waals surface area contributed by atoms with Crippen molar-refractivity contribution in [2.24, 2.45) is 0 Å². The van der Waals surface area contributed by atoms with Crippen LogP contribution >= 0.6 is 11.6 Å². The van der Waals surface area contributed by atoms with Gasteiger partial charge in [-0.25, -0.2) is 12.7 Å². The minimum absolute atomic E-state index is 0.0179. The first kappa shape index (κ1) is 24.6. The van der Waals surface area contributed by atoms with Crippen molar-refractivity contribution in [1.82, 2.24) is 0 Å². The molecule has 0 aliphatic carbocycles. The van der Waals surface area contributed by atoms with E-state index in [2.05, 4.69) is 0 Å². The molecule has 1 amide bonds. The van der Waals surface area contributed by atoms with E-state index in [1.54, 1.807) is 12.1 Å². The summed E-state index contributed by atoms with van der Waals surface area (Å²) in [6.07, 6.45) is 0.317. The van der Waals surface area contributed by atoms with Crippen molar-refractivity contribution in [2.45, 2.75) is 31.6 Å². The highest BCUT2D eigenvalue weighted by molar-refractivity contribution is 7.93. The lowest BCUT2D eigenvalue weighted by atomic mass is 10.2. The van der Waals surface area contributed by atoms with E-state index < -0.39 is 15.9 Å². The zero-order valence-corrected chi connectivity index (χ0v) is 20.3. The van der Waals surface area contributed by atoms with Gasteiger partial charge in [-0.2, -0.15) is 0 Å². The van der Waals surface area contributed by atoms with Crippen molar-refractivity contribution in [1.29, 1.82) is 0 Å². The summed E-state index contributed by atoms with van der Waals surface area (Å²) in [6, 6.07) is 18.3. The van der Waals surface area contributed by atoms with E-state index in [4.69, 9.17) is 21.1 Å². The molecule has 0 saturated carbocycles. The van der Waals surface area contributed by atoms with Gasteiger partial charge in [-0.3, -0.25) is 4.79 Å². The third-order valence-electron chi connectivity index (χ3n) is 4.98. The highest BCUT2D eigenvalue weighted by Crippen LogP contribution is 2.32. The first-order valence-corrected chi connectivity index (χ1v) is 12.2. The van der Waals surface area contributed by atoms with Crippen LogP contribution in [0.5, 0.6) is 11.5 Å². The summed E-state index contributed by atoms with van der Waals surface area (Å²) in [4.78, 5) is 13.2. The summed E-state index contributed by atoms with van der Waals surface area (Å²) in [5.74, 6) is 0.496. The number of hydrogen-bond acceptors (Lipinski definition) is 5. The molecule has 6 nitrogen and oxygen atoms in total. The summed E-state index contributed by atoms with van der Waals surface area (Å²) in [6.45, 7) is 4.12. The smallest absolute Gasteiger partial charge is 0.270 e. The highest BCUT2D eigenvalue weighted by Gasteiger charge is 2.31. The standard InChI is InChI=1S/C25H26ClNO5S/c1-18-6-11-21(12-7-18)32-16-4-5-25(28)27(20-10-15-24(31-3)23(26)17-20)33(29,30)22-13-8-19(2)9-14-22/h6-15,17H,4-5,16H2,1-3H3. The third kappa shape index (κ3) is 6.06. The number of sulfonamides is 1. The lowest BCUT2D eigenvalue weighted by Crippen LogP contribution is -2.37. The fourth-order valence-corrected chi connectivity index (χ4v) is 4.86. The molecule has 8 heteroatoms. The van der Waals surface area contributed by atoms with E-state index >= 15 is 0 Å². The number of anilines is 1. The van der Waals surface area contributed by atoms with Gasteiger partial charge in [-0.1, -0.05) is 47.0 Å². The van der Waals surface area contributed by atoms with Gasteiger partial charge in [0.05, 0.1) is 29.3 Å². The average molecular weight is 488 g/mol. The highest BCUT2D eigenvalue weighted by atomic mass is 35.5. The van der Waals surface area contributed by atoms with Gasteiger partial charge in [0.25, 0.3) is 10.0 Å².